The molecule has 31 heavy (non-hydrogen) atoms. The number of imide groups is 1. The van der Waals surface area contributed by atoms with Crippen LogP contribution in [0.5, 0.6) is 0 Å². The Labute approximate surface area is 179 Å². The van der Waals surface area contributed by atoms with Gasteiger partial charge in [0, 0.05) is 11.3 Å². The molecular weight excluding hydrogens is 400 g/mol. The van der Waals surface area contributed by atoms with Gasteiger partial charge in [-0.2, -0.15) is 0 Å². The zero-order valence-electron chi connectivity index (χ0n) is 17.4. The van der Waals surface area contributed by atoms with Gasteiger partial charge in [0.1, 0.15) is 6.04 Å². The molecule has 0 spiro atoms. The Morgan fingerprint density at radius 1 is 0.968 bits per heavy atom. The predicted molar refractivity (Wildman–Crippen MR) is 112 cm³/mol. The van der Waals surface area contributed by atoms with Gasteiger partial charge < -0.3 is 10.1 Å². The topological polar surface area (TPSA) is 110 Å². The number of benzene rings is 2. The van der Waals surface area contributed by atoms with Gasteiger partial charge >= 0.3 is 5.97 Å². The summed E-state index contributed by atoms with van der Waals surface area (Å²) >= 11 is 0. The number of rotatable bonds is 7. The number of carbonyl (C=O) groups is 5. The first-order valence-electron chi connectivity index (χ1n) is 9.75. The van der Waals surface area contributed by atoms with E-state index in [2.05, 4.69) is 5.32 Å². The monoisotopic (exact) mass is 422 g/mol. The number of ketones is 1. The number of amides is 3. The molecule has 8 heteroatoms. The molecule has 1 atom stereocenters. The largest absolute Gasteiger partial charge is 0.454 e. The third-order valence-electron chi connectivity index (χ3n) is 4.87. The Balaban J connectivity index is 1.67. The molecule has 2 aromatic carbocycles. The van der Waals surface area contributed by atoms with E-state index in [0.29, 0.717) is 11.3 Å². The molecule has 3 rings (SSSR count). The minimum Gasteiger partial charge on any atom is -0.454 e. The second-order valence-electron chi connectivity index (χ2n) is 7.51. The molecule has 0 fully saturated rings. The van der Waals surface area contributed by atoms with Gasteiger partial charge in [0.05, 0.1) is 11.1 Å². The van der Waals surface area contributed by atoms with E-state index in [9.17, 15) is 24.0 Å². The zero-order chi connectivity index (χ0) is 22.7. The first-order chi connectivity index (χ1) is 14.7. The molecule has 1 unspecified atom stereocenters. The van der Waals surface area contributed by atoms with Crippen LogP contribution < -0.4 is 5.32 Å². The number of anilines is 1. The molecule has 0 aromatic heterocycles. The lowest BCUT2D eigenvalue weighted by Crippen LogP contribution is -2.49. The van der Waals surface area contributed by atoms with Crippen LogP contribution in [0.3, 0.4) is 0 Å². The lowest BCUT2D eigenvalue weighted by Gasteiger charge is -2.27. The number of fused-ring (bicyclic) bond motifs is 1. The maximum atomic E-state index is 12.7. The normalized spacial score (nSPS) is 13.7. The Hall–Kier alpha value is -3.81. The minimum absolute atomic E-state index is 0.150. The Morgan fingerprint density at radius 3 is 2.13 bits per heavy atom. The molecule has 3 amide bonds. The van der Waals surface area contributed by atoms with Crippen molar-refractivity contribution in [1.82, 2.24) is 4.90 Å². The quantitative estimate of drug-likeness (QED) is 0.417. The molecule has 8 nitrogen and oxygen atoms in total. The molecule has 0 saturated carbocycles. The summed E-state index contributed by atoms with van der Waals surface area (Å²) in [5.74, 6) is -3.17. The number of nitrogens with one attached hydrogen (secondary N) is 1. The van der Waals surface area contributed by atoms with Gasteiger partial charge in [-0.15, -0.1) is 0 Å². The third-order valence-corrected chi connectivity index (χ3v) is 4.87. The van der Waals surface area contributed by atoms with Gasteiger partial charge in [-0.05, 0) is 37.1 Å². The van der Waals surface area contributed by atoms with Gasteiger partial charge in [0.15, 0.2) is 12.4 Å². The minimum atomic E-state index is -1.17. The summed E-state index contributed by atoms with van der Waals surface area (Å²) in [5.41, 5.74) is 1.28. The average Bonchev–Trinajstić information content (AvgIpc) is 2.98. The highest BCUT2D eigenvalue weighted by atomic mass is 16.5. The fraction of sp³-hybridized carbons (Fsp3) is 0.261. The van der Waals surface area contributed by atoms with Crippen LogP contribution in [0.2, 0.25) is 0 Å². The number of carbonyl (C=O) groups excluding carboxylic acids is 5. The number of hydrogen-bond acceptors (Lipinski definition) is 6. The number of esters is 1. The first-order valence-corrected chi connectivity index (χ1v) is 9.75. The number of Topliss-reactive ketones (excluding diaryl/α,β-unsaturated/α-hetero) is 1. The lowest BCUT2D eigenvalue weighted by molar-refractivity contribution is -0.152. The van der Waals surface area contributed by atoms with E-state index < -0.39 is 42.3 Å². The van der Waals surface area contributed by atoms with Crippen LogP contribution >= 0.6 is 0 Å². The Kier molecular flexibility index (Phi) is 6.29. The molecule has 2 aromatic rings. The molecule has 1 aliphatic heterocycles. The second-order valence-corrected chi connectivity index (χ2v) is 7.51. The van der Waals surface area contributed by atoms with Crippen LogP contribution in [-0.2, 0) is 14.3 Å². The van der Waals surface area contributed by atoms with Crippen LogP contribution in [0, 0.1) is 5.92 Å². The van der Waals surface area contributed by atoms with E-state index in [0.717, 1.165) is 4.90 Å². The highest BCUT2D eigenvalue weighted by molar-refractivity contribution is 6.22. The second kappa shape index (κ2) is 8.91. The van der Waals surface area contributed by atoms with E-state index >= 15 is 0 Å². The molecule has 160 valence electrons. The van der Waals surface area contributed by atoms with Crippen molar-refractivity contribution >= 4 is 35.2 Å². The maximum absolute atomic E-state index is 12.7. The number of nitrogens with zero attached hydrogens (tertiary/aromatic N) is 1. The standard InChI is InChI=1S/C23H22N2O6/c1-13(2)20(25-21(28)17-9-4-5-10-18(17)22(25)29)23(30)31-12-19(27)24-16-8-6-7-15(11-16)14(3)26/h4-11,13,20H,12H2,1-3H3,(H,24,27). The van der Waals surface area contributed by atoms with Crippen LogP contribution in [0.4, 0.5) is 5.69 Å². The summed E-state index contributed by atoms with van der Waals surface area (Å²) in [5, 5.41) is 2.55. The van der Waals surface area contributed by atoms with E-state index in [-0.39, 0.29) is 16.9 Å². The van der Waals surface area contributed by atoms with Crippen molar-refractivity contribution in [3.8, 4) is 0 Å². The van der Waals surface area contributed by atoms with E-state index in [1.807, 2.05) is 0 Å². The Bertz CT molecular complexity index is 1040. The highest BCUT2D eigenvalue weighted by Crippen LogP contribution is 2.27. The summed E-state index contributed by atoms with van der Waals surface area (Å²) in [7, 11) is 0. The maximum Gasteiger partial charge on any atom is 0.330 e. The number of hydrogen-bond donors (Lipinski definition) is 1. The Morgan fingerprint density at radius 2 is 1.58 bits per heavy atom. The molecule has 1 heterocycles. The van der Waals surface area contributed by atoms with Crippen molar-refractivity contribution in [3.05, 3.63) is 65.2 Å². The van der Waals surface area contributed by atoms with E-state index in [1.165, 1.54) is 25.1 Å². The van der Waals surface area contributed by atoms with Crippen molar-refractivity contribution in [2.75, 3.05) is 11.9 Å². The average molecular weight is 422 g/mol. The van der Waals surface area contributed by atoms with Crippen molar-refractivity contribution in [1.29, 1.82) is 0 Å². The van der Waals surface area contributed by atoms with Gasteiger partial charge in [0.25, 0.3) is 17.7 Å². The summed E-state index contributed by atoms with van der Waals surface area (Å²) in [6.07, 6.45) is 0. The highest BCUT2D eigenvalue weighted by Gasteiger charge is 2.44. The van der Waals surface area contributed by atoms with Crippen LogP contribution in [0.15, 0.2) is 48.5 Å². The van der Waals surface area contributed by atoms with Crippen molar-refractivity contribution < 1.29 is 28.7 Å². The first kappa shape index (κ1) is 21.9. The van der Waals surface area contributed by atoms with Crippen LogP contribution in [0.1, 0.15) is 51.8 Å². The summed E-state index contributed by atoms with van der Waals surface area (Å²) in [6, 6.07) is 11.5. The molecule has 0 saturated heterocycles. The fourth-order valence-electron chi connectivity index (χ4n) is 3.37. The lowest BCUT2D eigenvalue weighted by atomic mass is 10.0. The summed E-state index contributed by atoms with van der Waals surface area (Å²) in [6.45, 7) is 4.18. The van der Waals surface area contributed by atoms with Crippen LogP contribution in [-0.4, -0.2) is 47.0 Å². The molecule has 1 aliphatic rings. The fourth-order valence-corrected chi connectivity index (χ4v) is 3.37. The van der Waals surface area contributed by atoms with E-state index in [1.54, 1.807) is 44.2 Å². The smallest absolute Gasteiger partial charge is 0.330 e. The molecule has 0 radical (unpaired) electrons. The molecule has 1 N–H and O–H groups in total. The summed E-state index contributed by atoms with van der Waals surface area (Å²) < 4.78 is 5.12. The molecular formula is C23H22N2O6. The third kappa shape index (κ3) is 4.53. The van der Waals surface area contributed by atoms with Gasteiger partial charge in [-0.3, -0.25) is 24.1 Å². The van der Waals surface area contributed by atoms with Crippen molar-refractivity contribution in [3.63, 3.8) is 0 Å². The van der Waals surface area contributed by atoms with Gasteiger partial charge in [-0.25, -0.2) is 4.79 Å². The zero-order valence-corrected chi connectivity index (χ0v) is 17.4. The number of ether oxygens (including phenoxy) is 1. The molecule has 0 bridgehead atoms. The summed E-state index contributed by atoms with van der Waals surface area (Å²) in [4.78, 5) is 62.7. The van der Waals surface area contributed by atoms with Gasteiger partial charge in [0.2, 0.25) is 0 Å². The van der Waals surface area contributed by atoms with Crippen molar-refractivity contribution in [2.24, 2.45) is 5.92 Å². The predicted octanol–water partition coefficient (Wildman–Crippen LogP) is 2.69. The van der Waals surface area contributed by atoms with Crippen LogP contribution in [0.25, 0.3) is 0 Å². The molecule has 0 aliphatic carbocycles. The van der Waals surface area contributed by atoms with Crippen molar-refractivity contribution in [2.45, 2.75) is 26.8 Å². The van der Waals surface area contributed by atoms with E-state index in [4.69, 9.17) is 4.74 Å². The SMILES string of the molecule is CC(=O)c1cccc(NC(=O)COC(=O)C(C(C)C)N2C(=O)c3ccccc3C2=O)c1. The van der Waals surface area contributed by atoms with Gasteiger partial charge in [-0.1, -0.05) is 38.1 Å².